The third-order valence-electron chi connectivity index (χ3n) is 5.99. The van der Waals surface area contributed by atoms with Crippen LogP contribution < -0.4 is 5.32 Å². The van der Waals surface area contributed by atoms with Crippen LogP contribution in [0, 0.1) is 5.41 Å². The van der Waals surface area contributed by atoms with E-state index in [9.17, 15) is 14.4 Å². The molecule has 1 aliphatic rings. The van der Waals surface area contributed by atoms with Gasteiger partial charge in [-0.2, -0.15) is 0 Å². The van der Waals surface area contributed by atoms with Crippen LogP contribution in [0.1, 0.15) is 87.0 Å². The van der Waals surface area contributed by atoms with E-state index in [4.69, 9.17) is 4.74 Å². The van der Waals surface area contributed by atoms with Crippen LogP contribution >= 0.6 is 0 Å². The Bertz CT molecular complexity index is 659. The number of rotatable bonds is 8. The maximum absolute atomic E-state index is 13.4. The summed E-state index contributed by atoms with van der Waals surface area (Å²) in [4.78, 5) is 41.9. The lowest BCUT2D eigenvalue weighted by molar-refractivity contribution is -0.143. The highest BCUT2D eigenvalue weighted by Gasteiger charge is 2.44. The van der Waals surface area contributed by atoms with Crippen LogP contribution in [0.3, 0.4) is 0 Å². The van der Waals surface area contributed by atoms with Gasteiger partial charge in [-0.05, 0) is 46.2 Å². The molecule has 0 bridgehead atoms. The Labute approximate surface area is 202 Å². The van der Waals surface area contributed by atoms with Crippen LogP contribution in [-0.4, -0.2) is 73.5 Å². The van der Waals surface area contributed by atoms with Crippen LogP contribution in [0.4, 0.5) is 0 Å². The number of carbonyl (C=O) groups is 3. The molecule has 0 aromatic heterocycles. The quantitative estimate of drug-likeness (QED) is 0.428. The second kappa shape index (κ2) is 14.4. The standard InChI is InChI=1S/C23H41N3O4.C3H8/c1-9-30-20(28)17(2)13-16-26(8)19(27)18(22(3,4)5)24-21(29)23(25(6)7)14-11-10-12-15-23;1-3-2/h13,18H,9-12,14-16H2,1-8H3,(H,24,29);3H2,1-2H3/b17-13+;. The summed E-state index contributed by atoms with van der Waals surface area (Å²) in [5.74, 6) is -0.634. The average Bonchev–Trinajstić information content (AvgIpc) is 2.75. The zero-order chi connectivity index (χ0) is 25.8. The maximum Gasteiger partial charge on any atom is 0.333 e. The highest BCUT2D eigenvalue weighted by Crippen LogP contribution is 2.33. The number of amides is 2. The molecule has 33 heavy (non-hydrogen) atoms. The van der Waals surface area contributed by atoms with E-state index in [2.05, 4.69) is 19.2 Å². The average molecular weight is 468 g/mol. The molecule has 0 aromatic carbocycles. The first-order chi connectivity index (χ1) is 15.3. The molecule has 7 nitrogen and oxygen atoms in total. The van der Waals surface area contributed by atoms with Crippen LogP contribution in [0.25, 0.3) is 0 Å². The minimum atomic E-state index is -0.662. The monoisotopic (exact) mass is 467 g/mol. The summed E-state index contributed by atoms with van der Waals surface area (Å²) >= 11 is 0. The number of likely N-dealkylation sites (N-methyl/N-ethyl adjacent to an activating group) is 2. The van der Waals surface area contributed by atoms with Crippen LogP contribution in [-0.2, 0) is 19.1 Å². The van der Waals surface area contributed by atoms with Crippen molar-refractivity contribution >= 4 is 17.8 Å². The molecular weight excluding hydrogens is 418 g/mol. The lowest BCUT2D eigenvalue weighted by atomic mass is 9.78. The van der Waals surface area contributed by atoms with Gasteiger partial charge in [0, 0.05) is 19.2 Å². The van der Waals surface area contributed by atoms with Crippen molar-refractivity contribution in [1.82, 2.24) is 15.1 Å². The Kier molecular flexibility index (Phi) is 13.6. The van der Waals surface area contributed by atoms with Crippen molar-refractivity contribution in [2.24, 2.45) is 5.41 Å². The Balaban J connectivity index is 0.00000322. The summed E-state index contributed by atoms with van der Waals surface area (Å²) in [5.41, 5.74) is -0.564. The van der Waals surface area contributed by atoms with Gasteiger partial charge in [0.15, 0.2) is 0 Å². The molecule has 1 aliphatic carbocycles. The highest BCUT2D eigenvalue weighted by atomic mass is 16.5. The Morgan fingerprint density at radius 3 is 1.97 bits per heavy atom. The molecule has 1 rings (SSSR count). The van der Waals surface area contributed by atoms with Gasteiger partial charge >= 0.3 is 5.97 Å². The van der Waals surface area contributed by atoms with E-state index in [1.807, 2.05) is 39.8 Å². The first kappa shape index (κ1) is 31.1. The summed E-state index contributed by atoms with van der Waals surface area (Å²) in [6.07, 6.45) is 7.69. The summed E-state index contributed by atoms with van der Waals surface area (Å²) < 4.78 is 4.98. The largest absolute Gasteiger partial charge is 0.463 e. The molecular formula is C26H49N3O4. The molecule has 7 heteroatoms. The second-order valence-electron chi connectivity index (χ2n) is 10.3. The molecule has 1 unspecified atom stereocenters. The van der Waals surface area contributed by atoms with Gasteiger partial charge in [0.1, 0.15) is 6.04 Å². The molecule has 1 fully saturated rings. The predicted molar refractivity (Wildman–Crippen MR) is 135 cm³/mol. The SMILES string of the molecule is CCC.CCOC(=O)/C(C)=C/CN(C)C(=O)C(NC(=O)C1(N(C)C)CCCCC1)C(C)(C)C. The molecule has 0 radical (unpaired) electrons. The number of esters is 1. The minimum Gasteiger partial charge on any atom is -0.463 e. The molecule has 0 aromatic rings. The normalized spacial score (nSPS) is 16.9. The van der Waals surface area contributed by atoms with Gasteiger partial charge in [-0.3, -0.25) is 14.5 Å². The predicted octanol–water partition coefficient (Wildman–Crippen LogP) is 4.17. The van der Waals surface area contributed by atoms with Gasteiger partial charge < -0.3 is 15.0 Å². The van der Waals surface area contributed by atoms with Gasteiger partial charge in [-0.25, -0.2) is 4.79 Å². The lowest BCUT2D eigenvalue weighted by Crippen LogP contribution is -2.63. The molecule has 192 valence electrons. The molecule has 0 aliphatic heterocycles. The van der Waals surface area contributed by atoms with Crippen molar-refractivity contribution in [2.75, 3.05) is 34.3 Å². The van der Waals surface area contributed by atoms with Crippen LogP contribution in [0.15, 0.2) is 11.6 Å². The van der Waals surface area contributed by atoms with E-state index in [-0.39, 0.29) is 24.3 Å². The third kappa shape index (κ3) is 9.48. The zero-order valence-electron chi connectivity index (χ0n) is 22.8. The van der Waals surface area contributed by atoms with E-state index >= 15 is 0 Å². The molecule has 0 heterocycles. The number of carbonyl (C=O) groups excluding carboxylic acids is 3. The van der Waals surface area contributed by atoms with Crippen molar-refractivity contribution in [3.63, 3.8) is 0 Å². The van der Waals surface area contributed by atoms with E-state index in [1.165, 1.54) is 6.42 Å². The number of ether oxygens (including phenoxy) is 1. The fraction of sp³-hybridized carbons (Fsp3) is 0.808. The van der Waals surface area contributed by atoms with Crippen molar-refractivity contribution in [1.29, 1.82) is 0 Å². The van der Waals surface area contributed by atoms with Crippen molar-refractivity contribution in [3.8, 4) is 0 Å². The molecule has 1 atom stereocenters. The van der Waals surface area contributed by atoms with Gasteiger partial charge in [0.25, 0.3) is 0 Å². The van der Waals surface area contributed by atoms with Gasteiger partial charge in [0.05, 0.1) is 12.1 Å². The maximum atomic E-state index is 13.4. The minimum absolute atomic E-state index is 0.0767. The zero-order valence-corrected chi connectivity index (χ0v) is 22.8. The Morgan fingerprint density at radius 1 is 1.03 bits per heavy atom. The van der Waals surface area contributed by atoms with Gasteiger partial charge in [-0.1, -0.05) is 66.4 Å². The van der Waals surface area contributed by atoms with Gasteiger partial charge in [-0.15, -0.1) is 0 Å². The molecule has 0 saturated heterocycles. The van der Waals surface area contributed by atoms with Crippen molar-refractivity contribution < 1.29 is 19.1 Å². The Hall–Kier alpha value is -1.89. The van der Waals surface area contributed by atoms with E-state index in [0.29, 0.717) is 12.2 Å². The van der Waals surface area contributed by atoms with E-state index < -0.39 is 17.0 Å². The van der Waals surface area contributed by atoms with Crippen molar-refractivity contribution in [3.05, 3.63) is 11.6 Å². The molecule has 1 N–H and O–H groups in total. The van der Waals surface area contributed by atoms with Gasteiger partial charge in [0.2, 0.25) is 11.8 Å². The Morgan fingerprint density at radius 2 is 1.55 bits per heavy atom. The van der Waals surface area contributed by atoms with Crippen LogP contribution in [0.2, 0.25) is 0 Å². The van der Waals surface area contributed by atoms with Crippen LogP contribution in [0.5, 0.6) is 0 Å². The second-order valence-corrected chi connectivity index (χ2v) is 10.3. The van der Waals surface area contributed by atoms with E-state index in [1.54, 1.807) is 31.9 Å². The summed E-state index contributed by atoms with van der Waals surface area (Å²) in [5, 5.41) is 3.08. The number of hydrogen-bond donors (Lipinski definition) is 1. The highest BCUT2D eigenvalue weighted by molar-refractivity contribution is 5.93. The fourth-order valence-corrected chi connectivity index (χ4v) is 3.84. The van der Waals surface area contributed by atoms with E-state index in [0.717, 1.165) is 32.1 Å². The first-order valence-electron chi connectivity index (χ1n) is 12.4. The molecule has 2 amide bonds. The number of nitrogens with zero attached hydrogens (tertiary/aromatic N) is 2. The van der Waals surface area contributed by atoms with Crippen molar-refractivity contribution in [2.45, 2.75) is 98.6 Å². The summed E-state index contributed by atoms with van der Waals surface area (Å²) in [7, 11) is 5.56. The number of nitrogens with one attached hydrogen (secondary N) is 1. The first-order valence-corrected chi connectivity index (χ1v) is 12.4. The smallest absolute Gasteiger partial charge is 0.333 e. The molecule has 1 saturated carbocycles. The number of hydrogen-bond acceptors (Lipinski definition) is 5. The molecule has 0 spiro atoms. The lowest BCUT2D eigenvalue weighted by Gasteiger charge is -2.43. The summed E-state index contributed by atoms with van der Waals surface area (Å²) in [6.45, 7) is 14.1. The fourth-order valence-electron chi connectivity index (χ4n) is 3.84. The topological polar surface area (TPSA) is 79.0 Å². The third-order valence-corrected chi connectivity index (χ3v) is 5.99. The summed E-state index contributed by atoms with van der Waals surface area (Å²) in [6, 6.07) is -0.662.